The molecule has 146 valence electrons. The predicted octanol–water partition coefficient (Wildman–Crippen LogP) is 2.86. The van der Waals surface area contributed by atoms with Crippen molar-refractivity contribution in [3.05, 3.63) is 59.9 Å². The molecule has 3 aromatic rings. The van der Waals surface area contributed by atoms with Crippen molar-refractivity contribution in [2.45, 2.75) is 25.8 Å². The van der Waals surface area contributed by atoms with Crippen molar-refractivity contribution in [1.82, 2.24) is 20.6 Å². The lowest BCUT2D eigenvalue weighted by Gasteiger charge is -2.20. The van der Waals surface area contributed by atoms with Crippen LogP contribution in [0.2, 0.25) is 0 Å². The van der Waals surface area contributed by atoms with E-state index in [4.69, 9.17) is 0 Å². The number of hydrogen-bond donors (Lipinski definition) is 3. The zero-order chi connectivity index (χ0) is 19.3. The number of aryl methyl sites for hydroxylation is 1. The molecule has 6 heteroatoms. The lowest BCUT2D eigenvalue weighted by Crippen LogP contribution is -2.45. The number of fused-ring (bicyclic) bond motifs is 1. The summed E-state index contributed by atoms with van der Waals surface area (Å²) in [6, 6.07) is 17.3. The van der Waals surface area contributed by atoms with Gasteiger partial charge in [0, 0.05) is 44.8 Å². The molecule has 1 aliphatic rings. The standard InChI is InChI=1S/C22H28N6/c1-16-7-9-18(10-8-16)28-14-12-17(15-28)25-22(23-2)24-13-11-21-26-19-5-3-4-6-20(19)27-21/h3-10,17H,11-15H2,1-2H3,(H,26,27)(H2,23,24,25). The Hall–Kier alpha value is -3.02. The minimum absolute atomic E-state index is 0.402. The fourth-order valence-corrected chi connectivity index (χ4v) is 3.68. The third-order valence-corrected chi connectivity index (χ3v) is 5.24. The van der Waals surface area contributed by atoms with Gasteiger partial charge in [0.25, 0.3) is 0 Å². The molecule has 28 heavy (non-hydrogen) atoms. The van der Waals surface area contributed by atoms with E-state index in [1.54, 1.807) is 0 Å². The van der Waals surface area contributed by atoms with Crippen molar-refractivity contribution in [2.75, 3.05) is 31.6 Å². The number of nitrogens with zero attached hydrogens (tertiary/aromatic N) is 3. The molecular weight excluding hydrogens is 348 g/mol. The van der Waals surface area contributed by atoms with E-state index < -0.39 is 0 Å². The van der Waals surface area contributed by atoms with Gasteiger partial charge >= 0.3 is 0 Å². The molecule has 3 N–H and O–H groups in total. The molecule has 0 spiro atoms. The summed E-state index contributed by atoms with van der Waals surface area (Å²) in [4.78, 5) is 14.8. The highest BCUT2D eigenvalue weighted by Crippen LogP contribution is 2.20. The van der Waals surface area contributed by atoms with Crippen molar-refractivity contribution in [2.24, 2.45) is 4.99 Å². The Balaban J connectivity index is 1.26. The minimum Gasteiger partial charge on any atom is -0.369 e. The molecule has 2 heterocycles. The van der Waals surface area contributed by atoms with Crippen molar-refractivity contribution >= 4 is 22.7 Å². The van der Waals surface area contributed by atoms with E-state index in [0.29, 0.717) is 6.04 Å². The lowest BCUT2D eigenvalue weighted by atomic mass is 10.2. The second kappa shape index (κ2) is 8.33. The van der Waals surface area contributed by atoms with Gasteiger partial charge in [0.05, 0.1) is 11.0 Å². The molecule has 1 unspecified atom stereocenters. The van der Waals surface area contributed by atoms with Crippen molar-refractivity contribution < 1.29 is 0 Å². The monoisotopic (exact) mass is 376 g/mol. The summed E-state index contributed by atoms with van der Waals surface area (Å²) in [5.74, 6) is 1.85. The number of hydrogen-bond acceptors (Lipinski definition) is 3. The van der Waals surface area contributed by atoms with E-state index in [-0.39, 0.29) is 0 Å². The number of benzene rings is 2. The highest BCUT2D eigenvalue weighted by atomic mass is 15.2. The molecule has 1 fully saturated rings. The minimum atomic E-state index is 0.402. The molecule has 2 aromatic carbocycles. The maximum atomic E-state index is 4.63. The Labute approximate surface area is 166 Å². The molecule has 4 rings (SSSR count). The van der Waals surface area contributed by atoms with Crippen LogP contribution < -0.4 is 15.5 Å². The molecule has 1 aliphatic heterocycles. The number of nitrogens with one attached hydrogen (secondary N) is 3. The van der Waals surface area contributed by atoms with E-state index in [9.17, 15) is 0 Å². The largest absolute Gasteiger partial charge is 0.369 e. The molecule has 1 atom stereocenters. The van der Waals surface area contributed by atoms with Gasteiger partial charge in [0.15, 0.2) is 5.96 Å². The molecule has 6 nitrogen and oxygen atoms in total. The molecular formula is C22H28N6. The van der Waals surface area contributed by atoms with Crippen LogP contribution in [0.3, 0.4) is 0 Å². The summed E-state index contributed by atoms with van der Waals surface area (Å²) in [7, 11) is 1.82. The average molecular weight is 377 g/mol. The molecule has 0 bridgehead atoms. The topological polar surface area (TPSA) is 68.3 Å². The lowest BCUT2D eigenvalue weighted by molar-refractivity contribution is 0.647. The summed E-state index contributed by atoms with van der Waals surface area (Å²) < 4.78 is 0. The van der Waals surface area contributed by atoms with Crippen LogP contribution in [0.1, 0.15) is 17.8 Å². The van der Waals surface area contributed by atoms with Crippen molar-refractivity contribution in [3.63, 3.8) is 0 Å². The van der Waals surface area contributed by atoms with E-state index in [1.165, 1.54) is 11.3 Å². The van der Waals surface area contributed by atoms with Crippen LogP contribution in [0.15, 0.2) is 53.5 Å². The van der Waals surface area contributed by atoms with Gasteiger partial charge in [-0.1, -0.05) is 29.8 Å². The summed E-state index contributed by atoms with van der Waals surface area (Å²) >= 11 is 0. The number of aromatic amines is 1. The van der Waals surface area contributed by atoms with Gasteiger partial charge in [-0.2, -0.15) is 0 Å². The summed E-state index contributed by atoms with van der Waals surface area (Å²) in [5.41, 5.74) is 4.69. The number of para-hydroxylation sites is 2. The first-order valence-corrected chi connectivity index (χ1v) is 9.94. The fraction of sp³-hybridized carbons (Fsp3) is 0.364. The quantitative estimate of drug-likeness (QED) is 0.473. The Morgan fingerprint density at radius 3 is 2.82 bits per heavy atom. The van der Waals surface area contributed by atoms with E-state index in [0.717, 1.165) is 55.3 Å². The average Bonchev–Trinajstić information content (AvgIpc) is 3.34. The summed E-state index contributed by atoms with van der Waals surface area (Å²) in [6.07, 6.45) is 1.94. The number of guanidine groups is 1. The van der Waals surface area contributed by atoms with Crippen LogP contribution in [0.5, 0.6) is 0 Å². The maximum absolute atomic E-state index is 4.63. The van der Waals surface area contributed by atoms with Crippen LogP contribution in [-0.2, 0) is 6.42 Å². The molecule has 0 aliphatic carbocycles. The van der Waals surface area contributed by atoms with Gasteiger partial charge < -0.3 is 20.5 Å². The molecule has 1 aromatic heterocycles. The zero-order valence-electron chi connectivity index (χ0n) is 16.6. The van der Waals surface area contributed by atoms with Crippen molar-refractivity contribution in [1.29, 1.82) is 0 Å². The van der Waals surface area contributed by atoms with Gasteiger partial charge in [0.2, 0.25) is 0 Å². The van der Waals surface area contributed by atoms with Crippen LogP contribution in [0.4, 0.5) is 5.69 Å². The third-order valence-electron chi connectivity index (χ3n) is 5.24. The number of aliphatic imine (C=N–C) groups is 1. The molecule has 0 saturated carbocycles. The van der Waals surface area contributed by atoms with E-state index in [2.05, 4.69) is 67.7 Å². The normalized spacial score (nSPS) is 17.3. The Morgan fingerprint density at radius 2 is 2.04 bits per heavy atom. The van der Waals surface area contributed by atoms with Crippen LogP contribution in [0.25, 0.3) is 11.0 Å². The number of rotatable bonds is 5. The first-order valence-electron chi connectivity index (χ1n) is 9.94. The highest BCUT2D eigenvalue weighted by molar-refractivity contribution is 5.80. The third kappa shape index (κ3) is 4.27. The van der Waals surface area contributed by atoms with Gasteiger partial charge in [0.1, 0.15) is 5.82 Å². The number of H-pyrrole nitrogens is 1. The maximum Gasteiger partial charge on any atom is 0.191 e. The number of imidazole rings is 1. The van der Waals surface area contributed by atoms with Gasteiger partial charge in [-0.15, -0.1) is 0 Å². The van der Waals surface area contributed by atoms with Gasteiger partial charge in [-0.25, -0.2) is 4.98 Å². The number of anilines is 1. The van der Waals surface area contributed by atoms with Gasteiger partial charge in [-0.3, -0.25) is 4.99 Å². The highest BCUT2D eigenvalue weighted by Gasteiger charge is 2.23. The van der Waals surface area contributed by atoms with Crippen LogP contribution in [-0.4, -0.2) is 48.7 Å². The molecule has 0 amide bonds. The van der Waals surface area contributed by atoms with Crippen LogP contribution in [0, 0.1) is 6.92 Å². The molecule has 1 saturated heterocycles. The smallest absolute Gasteiger partial charge is 0.191 e. The second-order valence-electron chi connectivity index (χ2n) is 7.36. The predicted molar refractivity (Wildman–Crippen MR) is 116 cm³/mol. The molecule has 0 radical (unpaired) electrons. The van der Waals surface area contributed by atoms with E-state index >= 15 is 0 Å². The van der Waals surface area contributed by atoms with Gasteiger partial charge in [-0.05, 0) is 37.6 Å². The SMILES string of the molecule is CN=C(NCCc1nc2ccccc2[nH]1)NC1CCN(c2ccc(C)cc2)C1. The Kier molecular flexibility index (Phi) is 5.46. The second-order valence-corrected chi connectivity index (χ2v) is 7.36. The first-order chi connectivity index (χ1) is 13.7. The Morgan fingerprint density at radius 1 is 1.21 bits per heavy atom. The summed E-state index contributed by atoms with van der Waals surface area (Å²) in [6.45, 7) is 4.97. The zero-order valence-corrected chi connectivity index (χ0v) is 16.6. The Bertz CT molecular complexity index is 910. The summed E-state index contributed by atoms with van der Waals surface area (Å²) in [5, 5.41) is 6.97. The number of aromatic nitrogens is 2. The van der Waals surface area contributed by atoms with E-state index in [1.807, 2.05) is 25.2 Å². The van der Waals surface area contributed by atoms with Crippen LogP contribution >= 0.6 is 0 Å². The van der Waals surface area contributed by atoms with Crippen molar-refractivity contribution in [3.8, 4) is 0 Å². The fourth-order valence-electron chi connectivity index (χ4n) is 3.68. The first kappa shape index (κ1) is 18.3.